The van der Waals surface area contributed by atoms with E-state index in [4.69, 9.17) is 4.74 Å². The van der Waals surface area contributed by atoms with Crippen molar-refractivity contribution in [3.8, 4) is 5.82 Å². The second-order valence-corrected chi connectivity index (χ2v) is 5.95. The summed E-state index contributed by atoms with van der Waals surface area (Å²) in [6.07, 6.45) is 3.42. The molecule has 2 aromatic heterocycles. The minimum absolute atomic E-state index is 0.0375. The summed E-state index contributed by atoms with van der Waals surface area (Å²) >= 11 is 0. The van der Waals surface area contributed by atoms with Gasteiger partial charge in [-0.3, -0.25) is 14.3 Å². The zero-order chi connectivity index (χ0) is 17.1. The van der Waals surface area contributed by atoms with Crippen LogP contribution >= 0.6 is 0 Å². The van der Waals surface area contributed by atoms with Gasteiger partial charge in [-0.25, -0.2) is 9.97 Å². The minimum Gasteiger partial charge on any atom is -0.379 e. The van der Waals surface area contributed by atoms with Gasteiger partial charge < -0.3 is 10.1 Å². The van der Waals surface area contributed by atoms with E-state index in [0.29, 0.717) is 25.4 Å². The molecule has 0 saturated carbocycles. The predicted octanol–water partition coefficient (Wildman–Crippen LogP) is 1.69. The van der Waals surface area contributed by atoms with Gasteiger partial charge in [-0.2, -0.15) is 0 Å². The molecule has 0 spiro atoms. The lowest BCUT2D eigenvalue weighted by atomic mass is 10.3. The van der Waals surface area contributed by atoms with Crippen molar-refractivity contribution in [3.05, 3.63) is 48.9 Å². The van der Waals surface area contributed by atoms with Crippen LogP contribution in [0, 0.1) is 0 Å². The number of nitrogens with one attached hydrogen (secondary N) is 1. The van der Waals surface area contributed by atoms with Crippen LogP contribution in [-0.2, 0) is 9.53 Å². The van der Waals surface area contributed by atoms with Gasteiger partial charge in [0.25, 0.3) is 0 Å². The number of hydrogen-bond donors (Lipinski definition) is 1. The van der Waals surface area contributed by atoms with Crippen LogP contribution in [-0.4, -0.2) is 58.2 Å². The number of imidazole rings is 1. The quantitative estimate of drug-likeness (QED) is 0.784. The molecule has 0 radical (unpaired) electrons. The zero-order valence-corrected chi connectivity index (χ0v) is 13.8. The van der Waals surface area contributed by atoms with Gasteiger partial charge in [-0.05, 0) is 24.3 Å². The third-order valence-electron chi connectivity index (χ3n) is 4.20. The highest BCUT2D eigenvalue weighted by Crippen LogP contribution is 2.17. The molecule has 128 valence electrons. The van der Waals surface area contributed by atoms with E-state index in [1.54, 1.807) is 12.5 Å². The summed E-state index contributed by atoms with van der Waals surface area (Å²) in [6.45, 7) is 3.32. The minimum atomic E-state index is -0.0375. The number of pyridine rings is 1. The number of rotatable bonds is 4. The van der Waals surface area contributed by atoms with E-state index in [9.17, 15) is 4.79 Å². The average Bonchev–Trinajstić information content (AvgIpc) is 3.07. The van der Waals surface area contributed by atoms with Crippen molar-refractivity contribution in [1.82, 2.24) is 19.4 Å². The number of morpholine rings is 1. The fourth-order valence-corrected chi connectivity index (χ4v) is 2.91. The molecule has 1 amide bonds. The first-order valence-electron chi connectivity index (χ1n) is 8.28. The molecule has 3 heterocycles. The smallest absolute Gasteiger partial charge is 0.238 e. The summed E-state index contributed by atoms with van der Waals surface area (Å²) in [4.78, 5) is 23.0. The maximum Gasteiger partial charge on any atom is 0.238 e. The Morgan fingerprint density at radius 1 is 1.12 bits per heavy atom. The molecule has 7 heteroatoms. The Morgan fingerprint density at radius 3 is 2.76 bits per heavy atom. The van der Waals surface area contributed by atoms with Gasteiger partial charge in [0.05, 0.1) is 42.7 Å². The standard InChI is InChI=1S/C18H19N5O2/c24-18(12-22-7-9-25-10-8-22)21-14-5-6-17(19-11-14)23-13-20-15-3-1-2-4-16(15)23/h1-6,11,13H,7-10,12H2,(H,21,24). The highest BCUT2D eigenvalue weighted by molar-refractivity contribution is 5.92. The molecular formula is C18H19N5O2. The Hall–Kier alpha value is -2.77. The van der Waals surface area contributed by atoms with Crippen LogP contribution in [0.5, 0.6) is 0 Å². The van der Waals surface area contributed by atoms with Crippen molar-refractivity contribution in [2.24, 2.45) is 0 Å². The number of hydrogen-bond acceptors (Lipinski definition) is 5. The highest BCUT2D eigenvalue weighted by atomic mass is 16.5. The van der Waals surface area contributed by atoms with Gasteiger partial charge in [0.1, 0.15) is 12.1 Å². The van der Waals surface area contributed by atoms with E-state index in [1.165, 1.54) is 0 Å². The number of carbonyl (C=O) groups is 1. The lowest BCUT2D eigenvalue weighted by Gasteiger charge is -2.25. The molecule has 1 N–H and O–H groups in total. The highest BCUT2D eigenvalue weighted by Gasteiger charge is 2.14. The first-order valence-corrected chi connectivity index (χ1v) is 8.28. The molecule has 7 nitrogen and oxygen atoms in total. The van der Waals surface area contributed by atoms with Gasteiger partial charge in [-0.15, -0.1) is 0 Å². The second-order valence-electron chi connectivity index (χ2n) is 5.95. The van der Waals surface area contributed by atoms with E-state index in [0.717, 1.165) is 29.9 Å². The van der Waals surface area contributed by atoms with E-state index in [1.807, 2.05) is 41.0 Å². The van der Waals surface area contributed by atoms with E-state index >= 15 is 0 Å². The van der Waals surface area contributed by atoms with Crippen LogP contribution in [0.25, 0.3) is 16.9 Å². The first kappa shape index (κ1) is 15.7. The fraction of sp³-hybridized carbons (Fsp3) is 0.278. The largest absolute Gasteiger partial charge is 0.379 e. The van der Waals surface area contributed by atoms with E-state index < -0.39 is 0 Å². The molecule has 1 aliphatic rings. The summed E-state index contributed by atoms with van der Waals surface area (Å²) in [7, 11) is 0. The summed E-state index contributed by atoms with van der Waals surface area (Å²) in [5.74, 6) is 0.726. The Labute approximate surface area is 145 Å². The lowest BCUT2D eigenvalue weighted by Crippen LogP contribution is -2.41. The Balaban J connectivity index is 1.44. The molecule has 1 saturated heterocycles. The fourth-order valence-electron chi connectivity index (χ4n) is 2.91. The summed E-state index contributed by atoms with van der Waals surface area (Å²) in [5.41, 5.74) is 2.61. The Kier molecular flexibility index (Phi) is 4.41. The molecule has 3 aromatic rings. The van der Waals surface area contributed by atoms with Gasteiger partial charge >= 0.3 is 0 Å². The number of anilines is 1. The zero-order valence-electron chi connectivity index (χ0n) is 13.8. The number of ether oxygens (including phenoxy) is 1. The molecule has 0 atom stereocenters. The van der Waals surface area contributed by atoms with Gasteiger partial charge in [0, 0.05) is 13.1 Å². The van der Waals surface area contributed by atoms with E-state index in [2.05, 4.69) is 20.2 Å². The van der Waals surface area contributed by atoms with Crippen LogP contribution in [0.2, 0.25) is 0 Å². The topological polar surface area (TPSA) is 72.3 Å². The normalized spacial score (nSPS) is 15.4. The molecule has 4 rings (SSSR count). The van der Waals surface area contributed by atoms with Crippen LogP contribution < -0.4 is 5.32 Å². The molecule has 0 bridgehead atoms. The molecule has 0 unspecified atom stereocenters. The summed E-state index contributed by atoms with van der Waals surface area (Å²) in [6, 6.07) is 11.6. The number of amides is 1. The molecule has 1 aromatic carbocycles. The van der Waals surface area contributed by atoms with Crippen molar-refractivity contribution >= 4 is 22.6 Å². The number of benzene rings is 1. The lowest BCUT2D eigenvalue weighted by molar-refractivity contribution is -0.118. The molecule has 25 heavy (non-hydrogen) atoms. The van der Waals surface area contributed by atoms with Gasteiger partial charge in [0.15, 0.2) is 0 Å². The molecule has 1 aliphatic heterocycles. The maximum absolute atomic E-state index is 12.1. The SMILES string of the molecule is O=C(CN1CCOCC1)Nc1ccc(-n2cnc3ccccc32)nc1. The van der Waals surface area contributed by atoms with Crippen LogP contribution in [0.4, 0.5) is 5.69 Å². The Morgan fingerprint density at radius 2 is 1.96 bits per heavy atom. The Bertz CT molecular complexity index is 869. The third kappa shape index (κ3) is 3.52. The molecule has 0 aliphatic carbocycles. The molecule has 1 fully saturated rings. The van der Waals surface area contributed by atoms with E-state index in [-0.39, 0.29) is 5.91 Å². The predicted molar refractivity (Wildman–Crippen MR) is 94.8 cm³/mol. The second kappa shape index (κ2) is 7.00. The number of nitrogens with zero attached hydrogens (tertiary/aromatic N) is 4. The van der Waals surface area contributed by atoms with Gasteiger partial charge in [0.2, 0.25) is 5.91 Å². The monoisotopic (exact) mass is 337 g/mol. The van der Waals surface area contributed by atoms with Crippen molar-refractivity contribution in [1.29, 1.82) is 0 Å². The first-order chi connectivity index (χ1) is 12.3. The third-order valence-corrected chi connectivity index (χ3v) is 4.20. The van der Waals surface area contributed by atoms with Gasteiger partial charge in [-0.1, -0.05) is 12.1 Å². The van der Waals surface area contributed by atoms with Crippen LogP contribution in [0.15, 0.2) is 48.9 Å². The maximum atomic E-state index is 12.1. The van der Waals surface area contributed by atoms with Crippen LogP contribution in [0.1, 0.15) is 0 Å². The van der Waals surface area contributed by atoms with Crippen LogP contribution in [0.3, 0.4) is 0 Å². The average molecular weight is 337 g/mol. The van der Waals surface area contributed by atoms with Crippen molar-refractivity contribution in [3.63, 3.8) is 0 Å². The summed E-state index contributed by atoms with van der Waals surface area (Å²) in [5, 5.41) is 2.89. The van der Waals surface area contributed by atoms with Crippen molar-refractivity contribution < 1.29 is 9.53 Å². The van der Waals surface area contributed by atoms with Crippen molar-refractivity contribution in [2.45, 2.75) is 0 Å². The number of para-hydroxylation sites is 2. The number of aromatic nitrogens is 3. The van der Waals surface area contributed by atoms with Crippen molar-refractivity contribution in [2.75, 3.05) is 38.2 Å². The summed E-state index contributed by atoms with van der Waals surface area (Å²) < 4.78 is 7.21. The number of fused-ring (bicyclic) bond motifs is 1. The molecular weight excluding hydrogens is 318 g/mol. The number of carbonyl (C=O) groups excluding carboxylic acids is 1.